The maximum atomic E-state index is 12.3. The number of rotatable bonds is 6. The molecule has 0 aliphatic carbocycles. The molecule has 122 valence electrons. The van der Waals surface area contributed by atoms with E-state index in [0.717, 1.165) is 0 Å². The number of esters is 1. The summed E-state index contributed by atoms with van der Waals surface area (Å²) >= 11 is 0. The van der Waals surface area contributed by atoms with Crippen LogP contribution in [0.5, 0.6) is 23.0 Å². The molecule has 0 fully saturated rings. The number of methoxy groups -OCH3 is 2. The Morgan fingerprint density at radius 2 is 1.52 bits per heavy atom. The number of ether oxygens (including phenoxy) is 4. The van der Waals surface area contributed by atoms with Gasteiger partial charge in [0.25, 0.3) is 0 Å². The third-order valence-electron chi connectivity index (χ3n) is 3.03. The minimum absolute atomic E-state index is 0.00952. The molecule has 2 aromatic rings. The highest BCUT2D eigenvalue weighted by atomic mass is 16.6. The first-order chi connectivity index (χ1) is 11.0. The van der Waals surface area contributed by atoms with E-state index in [1.54, 1.807) is 42.5 Å². The smallest absolute Gasteiger partial charge is 0.343 e. The zero-order valence-electron chi connectivity index (χ0n) is 13.7. The zero-order valence-corrected chi connectivity index (χ0v) is 13.7. The van der Waals surface area contributed by atoms with Gasteiger partial charge in [0.05, 0.1) is 25.9 Å². The second-order valence-corrected chi connectivity index (χ2v) is 5.07. The van der Waals surface area contributed by atoms with Gasteiger partial charge >= 0.3 is 5.97 Å². The summed E-state index contributed by atoms with van der Waals surface area (Å²) in [7, 11) is 3.05. The van der Waals surface area contributed by atoms with Crippen LogP contribution in [0.25, 0.3) is 0 Å². The molecule has 0 unspecified atom stereocenters. The molecule has 2 aromatic carbocycles. The SMILES string of the molecule is COc1ccccc1OC(=O)c1ccc(OC(C)C)c(OC)c1. The number of hydrogen-bond donors (Lipinski definition) is 0. The summed E-state index contributed by atoms with van der Waals surface area (Å²) in [5.74, 6) is 1.42. The monoisotopic (exact) mass is 316 g/mol. The van der Waals surface area contributed by atoms with Crippen molar-refractivity contribution >= 4 is 5.97 Å². The molecule has 0 heterocycles. The predicted molar refractivity (Wildman–Crippen MR) is 86.7 cm³/mol. The molecule has 0 aliphatic heterocycles. The van der Waals surface area contributed by atoms with E-state index in [9.17, 15) is 4.79 Å². The van der Waals surface area contributed by atoms with Gasteiger partial charge in [-0.2, -0.15) is 0 Å². The van der Waals surface area contributed by atoms with Gasteiger partial charge in [0.2, 0.25) is 0 Å². The average Bonchev–Trinajstić information content (AvgIpc) is 2.55. The number of carbonyl (C=O) groups is 1. The molecule has 0 amide bonds. The fraction of sp³-hybridized carbons (Fsp3) is 0.278. The summed E-state index contributed by atoms with van der Waals surface area (Å²) in [6, 6.07) is 11.9. The van der Waals surface area contributed by atoms with Crippen LogP contribution in [0.2, 0.25) is 0 Å². The Labute approximate surface area is 135 Å². The van der Waals surface area contributed by atoms with Crippen LogP contribution in [0.4, 0.5) is 0 Å². The molecule has 0 aromatic heterocycles. The first-order valence-corrected chi connectivity index (χ1v) is 7.25. The average molecular weight is 316 g/mol. The standard InChI is InChI=1S/C18H20O5/c1-12(2)22-16-10-9-13(11-17(16)21-4)18(19)23-15-8-6-5-7-14(15)20-3/h5-12H,1-4H3. The van der Waals surface area contributed by atoms with Crippen molar-refractivity contribution in [1.82, 2.24) is 0 Å². The quantitative estimate of drug-likeness (QED) is 0.600. The number of benzene rings is 2. The Bertz CT molecular complexity index is 679. The van der Waals surface area contributed by atoms with Crippen LogP contribution in [0, 0.1) is 0 Å². The second-order valence-electron chi connectivity index (χ2n) is 5.07. The van der Waals surface area contributed by atoms with E-state index in [1.807, 2.05) is 13.8 Å². The zero-order chi connectivity index (χ0) is 16.8. The van der Waals surface area contributed by atoms with Crippen molar-refractivity contribution in [1.29, 1.82) is 0 Å². The molecule has 0 radical (unpaired) electrons. The van der Waals surface area contributed by atoms with Gasteiger partial charge in [0, 0.05) is 0 Å². The van der Waals surface area contributed by atoms with Gasteiger partial charge in [-0.05, 0) is 44.2 Å². The van der Waals surface area contributed by atoms with E-state index in [0.29, 0.717) is 28.6 Å². The van der Waals surface area contributed by atoms with Crippen molar-refractivity contribution in [2.24, 2.45) is 0 Å². The maximum Gasteiger partial charge on any atom is 0.343 e. The van der Waals surface area contributed by atoms with E-state index in [1.165, 1.54) is 14.2 Å². The molecule has 0 spiro atoms. The van der Waals surface area contributed by atoms with E-state index in [4.69, 9.17) is 18.9 Å². The van der Waals surface area contributed by atoms with Gasteiger partial charge in [-0.15, -0.1) is 0 Å². The van der Waals surface area contributed by atoms with E-state index in [2.05, 4.69) is 0 Å². The van der Waals surface area contributed by atoms with Crippen LogP contribution in [-0.4, -0.2) is 26.3 Å². The summed E-state index contributed by atoms with van der Waals surface area (Å²) < 4.78 is 21.5. The molecule has 5 heteroatoms. The minimum atomic E-state index is -0.496. The Morgan fingerprint density at radius 3 is 2.13 bits per heavy atom. The summed E-state index contributed by atoms with van der Waals surface area (Å²) in [5.41, 5.74) is 0.365. The lowest BCUT2D eigenvalue weighted by molar-refractivity contribution is 0.0729. The van der Waals surface area contributed by atoms with E-state index < -0.39 is 5.97 Å². The molecule has 0 N–H and O–H groups in total. The molecule has 0 atom stereocenters. The first kappa shape index (κ1) is 16.7. The Morgan fingerprint density at radius 1 is 0.870 bits per heavy atom. The van der Waals surface area contributed by atoms with Crippen LogP contribution >= 0.6 is 0 Å². The number of carbonyl (C=O) groups excluding carboxylic acids is 1. The highest BCUT2D eigenvalue weighted by molar-refractivity contribution is 5.92. The second kappa shape index (κ2) is 7.54. The van der Waals surface area contributed by atoms with Gasteiger partial charge in [0.1, 0.15) is 0 Å². The summed E-state index contributed by atoms with van der Waals surface area (Å²) in [6.45, 7) is 3.84. The van der Waals surface area contributed by atoms with Crippen molar-refractivity contribution in [3.63, 3.8) is 0 Å². The number of hydrogen-bond acceptors (Lipinski definition) is 5. The summed E-state index contributed by atoms with van der Waals surface area (Å²) in [5, 5.41) is 0. The van der Waals surface area contributed by atoms with Crippen molar-refractivity contribution in [2.75, 3.05) is 14.2 Å². The van der Waals surface area contributed by atoms with Crippen LogP contribution in [-0.2, 0) is 0 Å². The molecule has 5 nitrogen and oxygen atoms in total. The van der Waals surface area contributed by atoms with Gasteiger partial charge in [0.15, 0.2) is 23.0 Å². The van der Waals surface area contributed by atoms with Gasteiger partial charge in [-0.25, -0.2) is 4.79 Å². The first-order valence-electron chi connectivity index (χ1n) is 7.25. The molecule has 23 heavy (non-hydrogen) atoms. The van der Waals surface area contributed by atoms with Crippen molar-refractivity contribution in [3.05, 3.63) is 48.0 Å². The number of para-hydroxylation sites is 2. The fourth-order valence-electron chi connectivity index (χ4n) is 2.01. The third kappa shape index (κ3) is 4.16. The Hall–Kier alpha value is -2.69. The maximum absolute atomic E-state index is 12.3. The van der Waals surface area contributed by atoms with Crippen LogP contribution in [0.3, 0.4) is 0 Å². The lowest BCUT2D eigenvalue weighted by Crippen LogP contribution is -2.11. The van der Waals surface area contributed by atoms with Crippen molar-refractivity contribution in [3.8, 4) is 23.0 Å². The summed E-state index contributed by atoms with van der Waals surface area (Å²) in [4.78, 5) is 12.3. The fourth-order valence-corrected chi connectivity index (χ4v) is 2.01. The predicted octanol–water partition coefficient (Wildman–Crippen LogP) is 3.71. The lowest BCUT2D eigenvalue weighted by Gasteiger charge is -2.14. The molecule has 0 saturated carbocycles. The van der Waals surface area contributed by atoms with Crippen molar-refractivity contribution in [2.45, 2.75) is 20.0 Å². The largest absolute Gasteiger partial charge is 0.493 e. The van der Waals surface area contributed by atoms with Crippen molar-refractivity contribution < 1.29 is 23.7 Å². The topological polar surface area (TPSA) is 54.0 Å². The van der Waals surface area contributed by atoms with E-state index >= 15 is 0 Å². The summed E-state index contributed by atoms with van der Waals surface area (Å²) in [6.07, 6.45) is 0.00952. The molecule has 2 rings (SSSR count). The Balaban J connectivity index is 2.22. The molecule has 0 saturated heterocycles. The van der Waals surface area contributed by atoms with Crippen LogP contribution < -0.4 is 18.9 Å². The molecule has 0 aliphatic rings. The highest BCUT2D eigenvalue weighted by Gasteiger charge is 2.15. The molecular weight excluding hydrogens is 296 g/mol. The third-order valence-corrected chi connectivity index (χ3v) is 3.03. The van der Waals surface area contributed by atoms with Gasteiger partial charge < -0.3 is 18.9 Å². The highest BCUT2D eigenvalue weighted by Crippen LogP contribution is 2.31. The normalized spacial score (nSPS) is 10.3. The van der Waals surface area contributed by atoms with E-state index in [-0.39, 0.29) is 6.10 Å². The minimum Gasteiger partial charge on any atom is -0.493 e. The molecular formula is C18H20O5. The molecule has 0 bridgehead atoms. The van der Waals surface area contributed by atoms with Gasteiger partial charge in [-0.1, -0.05) is 12.1 Å². The lowest BCUT2D eigenvalue weighted by atomic mass is 10.2. The van der Waals surface area contributed by atoms with Crippen LogP contribution in [0.1, 0.15) is 24.2 Å². The Kier molecular flexibility index (Phi) is 5.46. The van der Waals surface area contributed by atoms with Crippen LogP contribution in [0.15, 0.2) is 42.5 Å². The van der Waals surface area contributed by atoms with Gasteiger partial charge in [-0.3, -0.25) is 0 Å².